The van der Waals surface area contributed by atoms with E-state index < -0.39 is 0 Å². The van der Waals surface area contributed by atoms with E-state index in [2.05, 4.69) is 18.1 Å². The van der Waals surface area contributed by atoms with Crippen molar-refractivity contribution in [3.63, 3.8) is 0 Å². The molecule has 1 atom stereocenters. The number of methoxy groups -OCH3 is 1. The van der Waals surface area contributed by atoms with Gasteiger partial charge in [-0.1, -0.05) is 43.7 Å². The Labute approximate surface area is 175 Å². The Morgan fingerprint density at radius 3 is 2.40 bits per heavy atom. The maximum atomic E-state index is 11.7. The fourth-order valence-corrected chi connectivity index (χ4v) is 3.45. The van der Waals surface area contributed by atoms with Crippen LogP contribution < -0.4 is 4.74 Å². The van der Waals surface area contributed by atoms with Crippen LogP contribution in [0.3, 0.4) is 0 Å². The van der Waals surface area contributed by atoms with Gasteiger partial charge in [-0.05, 0) is 54.4 Å². The quantitative estimate of drug-likeness (QED) is 0.372. The number of carbonyl (C=O) groups excluding carboxylic acids is 1. The lowest BCUT2D eigenvalue weighted by Gasteiger charge is -2.19. The van der Waals surface area contributed by atoms with E-state index in [4.69, 9.17) is 9.47 Å². The third-order valence-electron chi connectivity index (χ3n) is 5.05. The minimum atomic E-state index is -0.337. The molecule has 3 aromatic carbocycles. The van der Waals surface area contributed by atoms with E-state index >= 15 is 0 Å². The summed E-state index contributed by atoms with van der Waals surface area (Å²) in [5.41, 5.74) is 3.52. The van der Waals surface area contributed by atoms with Gasteiger partial charge in [0.2, 0.25) is 0 Å². The van der Waals surface area contributed by atoms with Crippen LogP contribution in [0.5, 0.6) is 5.75 Å². The number of ether oxygens (including phenoxy) is 2. The molecule has 0 aliphatic carbocycles. The van der Waals surface area contributed by atoms with Crippen LogP contribution in [0.1, 0.15) is 41.8 Å². The third kappa shape index (κ3) is 4.20. The van der Waals surface area contributed by atoms with Crippen molar-refractivity contribution in [2.24, 2.45) is 0 Å². The first-order valence-electron chi connectivity index (χ1n) is 10.1. The second-order valence-electron chi connectivity index (χ2n) is 7.14. The Morgan fingerprint density at radius 1 is 1.00 bits per heavy atom. The van der Waals surface area contributed by atoms with Crippen LogP contribution in [0, 0.1) is 0 Å². The molecule has 0 aliphatic heterocycles. The number of nitrogens with zero attached hydrogens (tertiary/aromatic N) is 2. The van der Waals surface area contributed by atoms with Crippen LogP contribution in [-0.2, 0) is 4.74 Å². The Kier molecular flexibility index (Phi) is 5.80. The molecular formula is C25H24N2O3. The first kappa shape index (κ1) is 19.7. The lowest BCUT2D eigenvalue weighted by atomic mass is 10.0. The molecule has 4 rings (SSSR count). The van der Waals surface area contributed by atoms with Crippen LogP contribution in [0.25, 0.3) is 16.6 Å². The summed E-state index contributed by atoms with van der Waals surface area (Å²) in [5, 5.41) is 5.73. The topological polar surface area (TPSA) is 53.4 Å². The average molecular weight is 400 g/mol. The minimum absolute atomic E-state index is 0.0835. The Morgan fingerprint density at radius 2 is 1.73 bits per heavy atom. The number of esters is 1. The normalized spacial score (nSPS) is 11.9. The molecule has 0 spiro atoms. The molecule has 5 nitrogen and oxygen atoms in total. The van der Waals surface area contributed by atoms with Crippen LogP contribution in [0.15, 0.2) is 79.0 Å². The van der Waals surface area contributed by atoms with Crippen molar-refractivity contribution in [2.75, 3.05) is 7.11 Å². The predicted molar refractivity (Wildman–Crippen MR) is 117 cm³/mol. The molecule has 4 aromatic rings. The van der Waals surface area contributed by atoms with Crippen molar-refractivity contribution in [2.45, 2.75) is 25.9 Å². The van der Waals surface area contributed by atoms with E-state index in [9.17, 15) is 4.79 Å². The van der Waals surface area contributed by atoms with Crippen molar-refractivity contribution < 1.29 is 14.3 Å². The van der Waals surface area contributed by atoms with Gasteiger partial charge in [0, 0.05) is 11.6 Å². The Balaban J connectivity index is 1.51. The molecular weight excluding hydrogens is 376 g/mol. The van der Waals surface area contributed by atoms with E-state index in [0.717, 1.165) is 40.7 Å². The molecule has 0 radical (unpaired) electrons. The second kappa shape index (κ2) is 8.82. The first-order chi connectivity index (χ1) is 14.7. The Hall–Kier alpha value is -3.60. The summed E-state index contributed by atoms with van der Waals surface area (Å²) in [7, 11) is 1.38. The number of fused-ring (bicyclic) bond motifs is 1. The highest BCUT2D eigenvalue weighted by Gasteiger charge is 2.14. The summed E-state index contributed by atoms with van der Waals surface area (Å²) in [5.74, 6) is 0.460. The molecule has 1 aromatic heterocycles. The lowest BCUT2D eigenvalue weighted by Crippen LogP contribution is -2.08. The zero-order valence-corrected chi connectivity index (χ0v) is 17.1. The van der Waals surface area contributed by atoms with Crippen molar-refractivity contribution in [1.29, 1.82) is 0 Å². The molecule has 0 amide bonds. The van der Waals surface area contributed by atoms with E-state index in [-0.39, 0.29) is 12.1 Å². The monoisotopic (exact) mass is 400 g/mol. The number of benzene rings is 3. The van der Waals surface area contributed by atoms with E-state index in [1.807, 2.05) is 65.5 Å². The lowest BCUT2D eigenvalue weighted by molar-refractivity contribution is 0.0600. The van der Waals surface area contributed by atoms with Crippen LogP contribution in [-0.4, -0.2) is 22.9 Å². The zero-order chi connectivity index (χ0) is 20.9. The van der Waals surface area contributed by atoms with Gasteiger partial charge in [0.15, 0.2) is 0 Å². The maximum Gasteiger partial charge on any atom is 0.337 e. The first-order valence-corrected chi connectivity index (χ1v) is 10.1. The van der Waals surface area contributed by atoms with E-state index in [1.165, 1.54) is 7.11 Å². The Bertz CT molecular complexity index is 1100. The van der Waals surface area contributed by atoms with Gasteiger partial charge in [-0.3, -0.25) is 0 Å². The largest absolute Gasteiger partial charge is 0.486 e. The number of aromatic nitrogens is 2. The van der Waals surface area contributed by atoms with Gasteiger partial charge >= 0.3 is 5.97 Å². The van der Waals surface area contributed by atoms with E-state index in [0.29, 0.717) is 5.56 Å². The minimum Gasteiger partial charge on any atom is -0.486 e. The highest BCUT2D eigenvalue weighted by Crippen LogP contribution is 2.27. The van der Waals surface area contributed by atoms with Crippen LogP contribution in [0.4, 0.5) is 0 Å². The summed E-state index contributed by atoms with van der Waals surface area (Å²) < 4.78 is 12.9. The molecule has 0 bridgehead atoms. The number of hydrogen-bond acceptors (Lipinski definition) is 4. The average Bonchev–Trinajstić information content (AvgIpc) is 3.23. The van der Waals surface area contributed by atoms with Crippen LogP contribution >= 0.6 is 0 Å². The van der Waals surface area contributed by atoms with Crippen molar-refractivity contribution in [3.8, 4) is 11.4 Å². The summed E-state index contributed by atoms with van der Waals surface area (Å²) >= 11 is 0. The molecule has 1 unspecified atom stereocenters. The highest BCUT2D eigenvalue weighted by atomic mass is 16.5. The van der Waals surface area contributed by atoms with Gasteiger partial charge in [-0.2, -0.15) is 5.10 Å². The second-order valence-corrected chi connectivity index (χ2v) is 7.14. The number of rotatable bonds is 7. The summed E-state index contributed by atoms with van der Waals surface area (Å²) in [6.45, 7) is 2.13. The van der Waals surface area contributed by atoms with Crippen molar-refractivity contribution >= 4 is 16.9 Å². The smallest absolute Gasteiger partial charge is 0.337 e. The summed E-state index contributed by atoms with van der Waals surface area (Å²) in [4.78, 5) is 11.7. The SMILES string of the molecule is CCCC(Oc1ccc(-n2cc3ccccc3n2)cc1)c1ccc(C(=O)OC)cc1. The van der Waals surface area contributed by atoms with Gasteiger partial charge in [-0.25, -0.2) is 9.48 Å². The molecule has 0 saturated carbocycles. The van der Waals surface area contributed by atoms with E-state index in [1.54, 1.807) is 12.1 Å². The molecule has 0 fully saturated rings. The molecule has 0 saturated heterocycles. The molecule has 5 heteroatoms. The molecule has 1 heterocycles. The maximum absolute atomic E-state index is 11.7. The van der Waals surface area contributed by atoms with Crippen molar-refractivity contribution in [1.82, 2.24) is 9.78 Å². The molecule has 30 heavy (non-hydrogen) atoms. The zero-order valence-electron chi connectivity index (χ0n) is 17.1. The predicted octanol–water partition coefficient (Wildman–Crippen LogP) is 5.73. The van der Waals surface area contributed by atoms with Gasteiger partial charge in [0.05, 0.1) is 23.9 Å². The van der Waals surface area contributed by atoms with Gasteiger partial charge in [-0.15, -0.1) is 0 Å². The standard InChI is InChI=1S/C25H24N2O3/c1-3-6-24(18-9-11-19(12-10-18)25(28)29-2)30-22-15-13-21(14-16-22)27-17-20-7-4-5-8-23(20)26-27/h4-5,7-17,24H,3,6H2,1-2H3. The van der Waals surface area contributed by atoms with Gasteiger partial charge in [0.25, 0.3) is 0 Å². The van der Waals surface area contributed by atoms with Gasteiger partial charge < -0.3 is 9.47 Å². The highest BCUT2D eigenvalue weighted by molar-refractivity contribution is 5.89. The fraction of sp³-hybridized carbons (Fsp3) is 0.200. The molecule has 0 aliphatic rings. The molecule has 152 valence electrons. The number of hydrogen-bond donors (Lipinski definition) is 0. The van der Waals surface area contributed by atoms with Gasteiger partial charge in [0.1, 0.15) is 11.9 Å². The summed E-state index contributed by atoms with van der Waals surface area (Å²) in [6, 6.07) is 23.4. The molecule has 0 N–H and O–H groups in total. The number of carbonyl (C=O) groups is 1. The summed E-state index contributed by atoms with van der Waals surface area (Å²) in [6.07, 6.45) is 3.80. The fourth-order valence-electron chi connectivity index (χ4n) is 3.45. The van der Waals surface area contributed by atoms with Crippen molar-refractivity contribution in [3.05, 3.63) is 90.1 Å². The third-order valence-corrected chi connectivity index (χ3v) is 5.05. The van der Waals surface area contributed by atoms with Crippen LogP contribution in [0.2, 0.25) is 0 Å².